The maximum Gasteiger partial charge on any atom is 0.411 e. The first-order valence-corrected chi connectivity index (χ1v) is 9.52. The average Bonchev–Trinajstić information content (AvgIpc) is 3.01. The summed E-state index contributed by atoms with van der Waals surface area (Å²) in [5.74, 6) is -0.630. The molecule has 3 rings (SSSR count). The molecule has 0 aliphatic carbocycles. The standard InChI is InChI=1S/C18H22FN3O5S/c1-18(2,3)27-17(24)22-5-6-26-9-11(22)15(23)21-16-20-14-12(25-4)7-10(19)8-13(14)28-16/h7-8,11H,5-6,9H2,1-4H3,(H,20,21,23). The average molecular weight is 411 g/mol. The lowest BCUT2D eigenvalue weighted by Crippen LogP contribution is -2.55. The van der Waals surface area contributed by atoms with Gasteiger partial charge in [0.25, 0.3) is 5.91 Å². The fourth-order valence-corrected chi connectivity index (χ4v) is 3.64. The molecule has 152 valence electrons. The summed E-state index contributed by atoms with van der Waals surface area (Å²) in [6.07, 6.45) is -0.580. The normalized spacial score (nSPS) is 17.5. The zero-order valence-electron chi connectivity index (χ0n) is 16.1. The second-order valence-electron chi connectivity index (χ2n) is 7.23. The number of hydrogen-bond donors (Lipinski definition) is 1. The van der Waals surface area contributed by atoms with E-state index in [9.17, 15) is 14.0 Å². The number of halogens is 1. The number of aromatic nitrogens is 1. The first-order chi connectivity index (χ1) is 13.2. The van der Waals surface area contributed by atoms with Crippen LogP contribution in [0.2, 0.25) is 0 Å². The number of amides is 2. The Morgan fingerprint density at radius 2 is 2.14 bits per heavy atom. The van der Waals surface area contributed by atoms with Crippen molar-refractivity contribution in [2.45, 2.75) is 32.4 Å². The van der Waals surface area contributed by atoms with Gasteiger partial charge in [0, 0.05) is 12.6 Å². The molecule has 8 nitrogen and oxygen atoms in total. The molecule has 1 aromatic heterocycles. The molecule has 1 N–H and O–H groups in total. The molecule has 1 aliphatic heterocycles. The van der Waals surface area contributed by atoms with Crippen LogP contribution in [0.1, 0.15) is 20.8 Å². The molecule has 1 atom stereocenters. The number of benzene rings is 1. The first kappa shape index (κ1) is 20.3. The molecule has 1 unspecified atom stereocenters. The molecule has 2 aromatic rings. The van der Waals surface area contributed by atoms with Crippen molar-refractivity contribution in [2.75, 3.05) is 32.2 Å². The smallest absolute Gasteiger partial charge is 0.411 e. The Hall–Kier alpha value is -2.46. The maximum atomic E-state index is 13.7. The van der Waals surface area contributed by atoms with Gasteiger partial charge in [0.05, 0.1) is 25.0 Å². The molecule has 0 spiro atoms. The van der Waals surface area contributed by atoms with Crippen molar-refractivity contribution in [3.8, 4) is 5.75 Å². The van der Waals surface area contributed by atoms with E-state index in [-0.39, 0.29) is 24.0 Å². The molecule has 1 fully saturated rings. The number of methoxy groups -OCH3 is 1. The van der Waals surface area contributed by atoms with Crippen molar-refractivity contribution >= 4 is 38.7 Å². The van der Waals surface area contributed by atoms with E-state index in [1.54, 1.807) is 20.8 Å². The summed E-state index contributed by atoms with van der Waals surface area (Å²) in [6.45, 7) is 5.89. The zero-order valence-corrected chi connectivity index (χ0v) is 16.9. The third-order valence-electron chi connectivity index (χ3n) is 3.93. The number of anilines is 1. The van der Waals surface area contributed by atoms with Crippen molar-refractivity contribution in [2.24, 2.45) is 0 Å². The van der Waals surface area contributed by atoms with Gasteiger partial charge in [-0.05, 0) is 26.8 Å². The molecule has 28 heavy (non-hydrogen) atoms. The fourth-order valence-electron chi connectivity index (χ4n) is 2.72. The first-order valence-electron chi connectivity index (χ1n) is 8.70. The molecule has 0 saturated carbocycles. The van der Waals surface area contributed by atoms with Crippen LogP contribution in [0.15, 0.2) is 12.1 Å². The molecule has 1 aliphatic rings. The molecule has 1 saturated heterocycles. The number of fused-ring (bicyclic) bond motifs is 1. The SMILES string of the molecule is COc1cc(F)cc2sc(NC(=O)C3COCCN3C(=O)OC(C)(C)C)nc12. The molecule has 2 amide bonds. The van der Waals surface area contributed by atoms with Gasteiger partial charge in [-0.25, -0.2) is 14.2 Å². The quantitative estimate of drug-likeness (QED) is 0.835. The highest BCUT2D eigenvalue weighted by Crippen LogP contribution is 2.33. The van der Waals surface area contributed by atoms with E-state index in [2.05, 4.69) is 10.3 Å². The van der Waals surface area contributed by atoms with Gasteiger partial charge in [0.1, 0.15) is 28.7 Å². The van der Waals surface area contributed by atoms with Gasteiger partial charge in [0.15, 0.2) is 5.13 Å². The number of rotatable bonds is 3. The molecular formula is C18H22FN3O5S. The van der Waals surface area contributed by atoms with E-state index in [4.69, 9.17) is 14.2 Å². The van der Waals surface area contributed by atoms with Crippen LogP contribution in [0.5, 0.6) is 5.75 Å². The molecule has 0 bridgehead atoms. The van der Waals surface area contributed by atoms with Gasteiger partial charge in [-0.2, -0.15) is 0 Å². The topological polar surface area (TPSA) is 90.0 Å². The summed E-state index contributed by atoms with van der Waals surface area (Å²) in [6, 6.07) is 1.70. The minimum Gasteiger partial charge on any atom is -0.494 e. The van der Waals surface area contributed by atoms with Crippen LogP contribution >= 0.6 is 11.3 Å². The summed E-state index contributed by atoms with van der Waals surface area (Å²) in [4.78, 5) is 30.9. The monoisotopic (exact) mass is 411 g/mol. The lowest BCUT2D eigenvalue weighted by Gasteiger charge is -2.35. The van der Waals surface area contributed by atoms with Gasteiger partial charge in [-0.15, -0.1) is 0 Å². The van der Waals surface area contributed by atoms with Crippen molar-refractivity contribution < 1.29 is 28.2 Å². The maximum absolute atomic E-state index is 13.7. The third-order valence-corrected chi connectivity index (χ3v) is 4.85. The Bertz CT molecular complexity index is 895. The lowest BCUT2D eigenvalue weighted by atomic mass is 10.2. The van der Waals surface area contributed by atoms with Gasteiger partial charge >= 0.3 is 6.09 Å². The highest BCUT2D eigenvalue weighted by Gasteiger charge is 2.36. The van der Waals surface area contributed by atoms with E-state index in [0.717, 1.165) is 11.3 Å². The van der Waals surface area contributed by atoms with Crippen LogP contribution < -0.4 is 10.1 Å². The van der Waals surface area contributed by atoms with Crippen LogP contribution in [0.3, 0.4) is 0 Å². The number of carbonyl (C=O) groups is 2. The predicted molar refractivity (Wildman–Crippen MR) is 102 cm³/mol. The van der Waals surface area contributed by atoms with Crippen molar-refractivity contribution in [3.63, 3.8) is 0 Å². The lowest BCUT2D eigenvalue weighted by molar-refractivity contribution is -0.127. The summed E-state index contributed by atoms with van der Waals surface area (Å²) in [5, 5.41) is 2.96. The van der Waals surface area contributed by atoms with Crippen LogP contribution in [0.4, 0.5) is 14.3 Å². The van der Waals surface area contributed by atoms with Crippen LogP contribution in [0.25, 0.3) is 10.2 Å². The van der Waals surface area contributed by atoms with Gasteiger partial charge < -0.3 is 19.5 Å². The number of thiazole rings is 1. The van der Waals surface area contributed by atoms with Gasteiger partial charge in [-0.3, -0.25) is 9.69 Å². The second kappa shape index (κ2) is 7.88. The number of morpholine rings is 1. The molecule has 10 heteroatoms. The number of nitrogens with zero attached hydrogens (tertiary/aromatic N) is 2. The molecular weight excluding hydrogens is 389 g/mol. The number of carbonyl (C=O) groups excluding carboxylic acids is 2. The zero-order chi connectivity index (χ0) is 20.5. The van der Waals surface area contributed by atoms with E-state index in [1.165, 1.54) is 24.1 Å². The van der Waals surface area contributed by atoms with E-state index in [0.29, 0.717) is 16.8 Å². The van der Waals surface area contributed by atoms with E-state index < -0.39 is 29.5 Å². The summed E-state index contributed by atoms with van der Waals surface area (Å²) < 4.78 is 30.1. The Kier molecular flexibility index (Phi) is 5.71. The van der Waals surface area contributed by atoms with Crippen molar-refractivity contribution in [1.29, 1.82) is 0 Å². The van der Waals surface area contributed by atoms with Crippen LogP contribution in [-0.4, -0.2) is 60.4 Å². The molecule has 2 heterocycles. The van der Waals surface area contributed by atoms with Crippen LogP contribution in [0, 0.1) is 5.82 Å². The van der Waals surface area contributed by atoms with Crippen LogP contribution in [-0.2, 0) is 14.3 Å². The highest BCUT2D eigenvalue weighted by atomic mass is 32.1. The predicted octanol–water partition coefficient (Wildman–Crippen LogP) is 3.02. The van der Waals surface area contributed by atoms with Crippen molar-refractivity contribution in [1.82, 2.24) is 9.88 Å². The Morgan fingerprint density at radius 3 is 2.82 bits per heavy atom. The van der Waals surface area contributed by atoms with Crippen molar-refractivity contribution in [3.05, 3.63) is 17.9 Å². The van der Waals surface area contributed by atoms with E-state index >= 15 is 0 Å². The van der Waals surface area contributed by atoms with Gasteiger partial charge in [-0.1, -0.05) is 11.3 Å². The summed E-state index contributed by atoms with van der Waals surface area (Å²) in [7, 11) is 1.42. The molecule has 1 aromatic carbocycles. The Balaban J connectivity index is 1.79. The second-order valence-corrected chi connectivity index (χ2v) is 8.26. The number of ether oxygens (including phenoxy) is 3. The minimum atomic E-state index is -0.853. The van der Waals surface area contributed by atoms with E-state index in [1.807, 2.05) is 0 Å². The summed E-state index contributed by atoms with van der Waals surface area (Å²) >= 11 is 1.11. The number of nitrogens with one attached hydrogen (secondary N) is 1. The Labute approximate surface area is 165 Å². The fraction of sp³-hybridized carbons (Fsp3) is 0.500. The highest BCUT2D eigenvalue weighted by molar-refractivity contribution is 7.22. The molecule has 0 radical (unpaired) electrons. The largest absolute Gasteiger partial charge is 0.494 e. The minimum absolute atomic E-state index is 0.0495. The number of hydrogen-bond acceptors (Lipinski definition) is 7. The summed E-state index contributed by atoms with van der Waals surface area (Å²) in [5.41, 5.74) is -0.225. The third kappa shape index (κ3) is 4.50. The Morgan fingerprint density at radius 1 is 1.39 bits per heavy atom. The van der Waals surface area contributed by atoms with Gasteiger partial charge in [0.2, 0.25) is 0 Å².